The summed E-state index contributed by atoms with van der Waals surface area (Å²) < 4.78 is 0. The highest BCUT2D eigenvalue weighted by Crippen LogP contribution is 2.38. The third-order valence-corrected chi connectivity index (χ3v) is 3.70. The van der Waals surface area contributed by atoms with Gasteiger partial charge in [0.25, 0.3) is 0 Å². The second-order valence-corrected chi connectivity index (χ2v) is 4.87. The Bertz CT molecular complexity index is 407. The molecule has 4 atom stereocenters. The quantitative estimate of drug-likeness (QED) is 0.529. The summed E-state index contributed by atoms with van der Waals surface area (Å²) in [5, 5.41) is 31.5. The van der Waals surface area contributed by atoms with Crippen LogP contribution in [0, 0.1) is 11.8 Å². The molecule has 0 aromatic heterocycles. The second kappa shape index (κ2) is 4.72. The maximum Gasteiger partial charge on any atom is 0.325 e. The van der Waals surface area contributed by atoms with Crippen molar-refractivity contribution in [2.24, 2.45) is 11.8 Å². The summed E-state index contributed by atoms with van der Waals surface area (Å²) >= 11 is 0. The van der Waals surface area contributed by atoms with Gasteiger partial charge in [-0.2, -0.15) is 0 Å². The minimum absolute atomic E-state index is 0.170. The molecule has 4 N–H and O–H groups in total. The summed E-state index contributed by atoms with van der Waals surface area (Å²) in [6.07, 6.45) is 0.180. The van der Waals surface area contributed by atoms with E-state index in [4.69, 9.17) is 5.11 Å². The molecular formula is C12H18N2O4. The predicted molar refractivity (Wildman–Crippen MR) is 64.2 cm³/mol. The topological polar surface area (TPSA) is 93.0 Å². The summed E-state index contributed by atoms with van der Waals surface area (Å²) in [4.78, 5) is 12.8. The van der Waals surface area contributed by atoms with E-state index in [1.165, 1.54) is 4.90 Å². The maximum absolute atomic E-state index is 11.4. The number of carbonyl (C=O) groups excluding carboxylic acids is 1. The fraction of sp³-hybridized carbons (Fsp3) is 0.583. The largest absolute Gasteiger partial charge is 0.396 e. The van der Waals surface area contributed by atoms with E-state index >= 15 is 0 Å². The van der Waals surface area contributed by atoms with Gasteiger partial charge in [-0.25, -0.2) is 4.79 Å². The lowest BCUT2D eigenvalue weighted by Crippen LogP contribution is -2.40. The Morgan fingerprint density at radius 2 is 2.17 bits per heavy atom. The molecule has 0 bridgehead atoms. The predicted octanol–water partition coefficient (Wildman–Crippen LogP) is -0.611. The van der Waals surface area contributed by atoms with Gasteiger partial charge < -0.3 is 25.5 Å². The minimum atomic E-state index is -0.950. The molecular weight excluding hydrogens is 236 g/mol. The summed E-state index contributed by atoms with van der Waals surface area (Å²) in [6.45, 7) is 3.58. The maximum atomic E-state index is 11.4. The highest BCUT2D eigenvalue weighted by molar-refractivity contribution is 5.80. The molecule has 6 nitrogen and oxygen atoms in total. The zero-order chi connectivity index (χ0) is 13.4. The van der Waals surface area contributed by atoms with Crippen LogP contribution in [0.25, 0.3) is 0 Å². The zero-order valence-corrected chi connectivity index (χ0v) is 10.2. The molecule has 18 heavy (non-hydrogen) atoms. The van der Waals surface area contributed by atoms with E-state index in [-0.39, 0.29) is 24.5 Å². The molecule has 2 aliphatic rings. The van der Waals surface area contributed by atoms with Crippen LogP contribution in [0.4, 0.5) is 4.79 Å². The van der Waals surface area contributed by atoms with Gasteiger partial charge in [0.1, 0.15) is 0 Å². The number of nitrogens with one attached hydrogen (secondary N) is 1. The van der Waals surface area contributed by atoms with Crippen LogP contribution in [0.5, 0.6) is 0 Å². The fourth-order valence-corrected chi connectivity index (χ4v) is 2.57. The van der Waals surface area contributed by atoms with Crippen LogP contribution in [-0.2, 0) is 0 Å². The molecule has 1 heterocycles. The van der Waals surface area contributed by atoms with E-state index in [9.17, 15) is 15.0 Å². The van der Waals surface area contributed by atoms with Crippen LogP contribution < -0.4 is 5.32 Å². The molecule has 1 saturated carbocycles. The Balaban J connectivity index is 2.24. The molecule has 2 amide bonds. The molecule has 1 unspecified atom stereocenters. The van der Waals surface area contributed by atoms with Gasteiger partial charge in [0.15, 0.2) is 0 Å². The Labute approximate surface area is 105 Å². The molecule has 2 rings (SSSR count). The third kappa shape index (κ3) is 2.03. The average molecular weight is 254 g/mol. The first-order valence-electron chi connectivity index (χ1n) is 5.87. The standard InChI is InChI=1S/C12H18N2O4/c1-6-9(4-14(2)12(18)13-6)8-3-7(5-15)10(16)11(8)17/h4,7-8,10-11,15-17H,1,3,5H2,2H3,(H,13,18)/t7-,8+,10?,11-/m1/s1. The van der Waals surface area contributed by atoms with Crippen LogP contribution in [0.1, 0.15) is 6.42 Å². The number of aliphatic hydroxyl groups excluding tert-OH is 3. The molecule has 0 spiro atoms. The van der Waals surface area contributed by atoms with Crippen LogP contribution in [-0.4, -0.2) is 52.1 Å². The molecule has 0 saturated heterocycles. The van der Waals surface area contributed by atoms with Crippen molar-refractivity contribution in [1.29, 1.82) is 0 Å². The first kappa shape index (κ1) is 13.1. The number of aliphatic hydroxyl groups is 3. The zero-order valence-electron chi connectivity index (χ0n) is 10.2. The van der Waals surface area contributed by atoms with E-state index in [1.807, 2.05) is 0 Å². The molecule has 6 heteroatoms. The van der Waals surface area contributed by atoms with Gasteiger partial charge in [-0.05, 0) is 12.0 Å². The summed E-state index contributed by atoms with van der Waals surface area (Å²) in [7, 11) is 1.60. The third-order valence-electron chi connectivity index (χ3n) is 3.70. The van der Waals surface area contributed by atoms with Gasteiger partial charge in [0.05, 0.1) is 12.2 Å². The lowest BCUT2D eigenvalue weighted by molar-refractivity contribution is -0.00181. The van der Waals surface area contributed by atoms with Gasteiger partial charge in [-0.15, -0.1) is 0 Å². The molecule has 1 aliphatic heterocycles. The van der Waals surface area contributed by atoms with Crippen molar-refractivity contribution >= 4 is 6.03 Å². The van der Waals surface area contributed by atoms with Gasteiger partial charge in [-0.1, -0.05) is 6.58 Å². The Hall–Kier alpha value is -1.37. The molecule has 0 radical (unpaired) electrons. The van der Waals surface area contributed by atoms with Crippen LogP contribution in [0.3, 0.4) is 0 Å². The van der Waals surface area contributed by atoms with Crippen LogP contribution in [0.2, 0.25) is 0 Å². The fourth-order valence-electron chi connectivity index (χ4n) is 2.57. The molecule has 1 fully saturated rings. The van der Waals surface area contributed by atoms with Crippen molar-refractivity contribution in [3.63, 3.8) is 0 Å². The van der Waals surface area contributed by atoms with Crippen LogP contribution >= 0.6 is 0 Å². The second-order valence-electron chi connectivity index (χ2n) is 4.87. The van der Waals surface area contributed by atoms with Gasteiger partial charge >= 0.3 is 6.03 Å². The molecule has 100 valence electrons. The average Bonchev–Trinajstić information content (AvgIpc) is 2.61. The van der Waals surface area contributed by atoms with Crippen LogP contribution in [0.15, 0.2) is 24.0 Å². The van der Waals surface area contributed by atoms with Crippen molar-refractivity contribution in [2.45, 2.75) is 18.6 Å². The number of allylic oxidation sites excluding steroid dienone is 1. The van der Waals surface area contributed by atoms with E-state index < -0.39 is 12.2 Å². The van der Waals surface area contributed by atoms with E-state index in [2.05, 4.69) is 11.9 Å². The summed E-state index contributed by atoms with van der Waals surface area (Å²) in [5.74, 6) is -0.672. The SMILES string of the molecule is C=C1NC(=O)N(C)C=C1[C@@H]1C[C@H](CO)C(O)[C@@H]1O. The number of hydrogen-bond donors (Lipinski definition) is 4. The van der Waals surface area contributed by atoms with Crippen molar-refractivity contribution in [3.05, 3.63) is 24.0 Å². The van der Waals surface area contributed by atoms with Crippen molar-refractivity contribution in [2.75, 3.05) is 13.7 Å². The first-order valence-corrected chi connectivity index (χ1v) is 5.87. The van der Waals surface area contributed by atoms with Crippen molar-refractivity contribution < 1.29 is 20.1 Å². The van der Waals surface area contributed by atoms with Crippen molar-refractivity contribution in [3.8, 4) is 0 Å². The number of urea groups is 1. The smallest absolute Gasteiger partial charge is 0.325 e. The summed E-state index contributed by atoms with van der Waals surface area (Å²) in [5.41, 5.74) is 1.13. The number of rotatable bonds is 2. The number of hydrogen-bond acceptors (Lipinski definition) is 4. The number of nitrogens with zero attached hydrogens (tertiary/aromatic N) is 1. The first-order chi connectivity index (χ1) is 8.45. The Morgan fingerprint density at radius 1 is 1.50 bits per heavy atom. The highest BCUT2D eigenvalue weighted by Gasteiger charge is 2.44. The lowest BCUT2D eigenvalue weighted by atomic mass is 9.92. The highest BCUT2D eigenvalue weighted by atomic mass is 16.3. The Morgan fingerprint density at radius 3 is 2.72 bits per heavy atom. The van der Waals surface area contributed by atoms with Gasteiger partial charge in [0, 0.05) is 37.4 Å². The van der Waals surface area contributed by atoms with Crippen molar-refractivity contribution in [1.82, 2.24) is 10.2 Å². The lowest BCUT2D eigenvalue weighted by Gasteiger charge is -2.29. The minimum Gasteiger partial charge on any atom is -0.396 e. The molecule has 0 aromatic carbocycles. The number of amides is 2. The van der Waals surface area contributed by atoms with E-state index in [1.54, 1.807) is 13.2 Å². The van der Waals surface area contributed by atoms with E-state index in [0.29, 0.717) is 17.7 Å². The molecule has 0 aromatic rings. The van der Waals surface area contributed by atoms with E-state index in [0.717, 1.165) is 0 Å². The summed E-state index contributed by atoms with van der Waals surface area (Å²) in [6, 6.07) is -0.282. The normalized spacial score (nSPS) is 36.7. The number of carbonyl (C=O) groups is 1. The Kier molecular flexibility index (Phi) is 3.43. The monoisotopic (exact) mass is 254 g/mol. The van der Waals surface area contributed by atoms with Gasteiger partial charge in [-0.3, -0.25) is 0 Å². The molecule has 1 aliphatic carbocycles. The van der Waals surface area contributed by atoms with Gasteiger partial charge in [0.2, 0.25) is 0 Å².